The molecule has 0 spiro atoms. The van der Waals surface area contributed by atoms with Crippen LogP contribution < -0.4 is 0 Å². The Morgan fingerprint density at radius 3 is 2.67 bits per heavy atom. The van der Waals surface area contributed by atoms with Crippen LogP contribution in [0, 0.1) is 5.95 Å². The minimum Gasteiger partial charge on any atom is -0.223 e. The first kappa shape index (κ1) is 6.89. The van der Waals surface area contributed by atoms with Gasteiger partial charge in [-0.3, -0.25) is 0 Å². The van der Waals surface area contributed by atoms with Gasteiger partial charge in [0.1, 0.15) is 16.0 Å². The Bertz CT molecular complexity index is 210. The Labute approximate surface area is 64.2 Å². The van der Waals surface area contributed by atoms with Crippen molar-refractivity contribution in [2.45, 2.75) is 0 Å². The Hall–Kier alpha value is -0.220. The van der Waals surface area contributed by atoms with E-state index in [-0.39, 0.29) is 9.63 Å². The maximum Gasteiger partial charge on any atom is 0.231 e. The first-order valence-corrected chi connectivity index (χ1v) is 3.20. The van der Waals surface area contributed by atoms with Crippen molar-refractivity contribution in [1.29, 1.82) is 0 Å². The molecule has 0 unspecified atom stereocenters. The van der Waals surface area contributed by atoms with E-state index in [2.05, 4.69) is 25.9 Å². The summed E-state index contributed by atoms with van der Waals surface area (Å²) in [5, 5.41) is 0.0856. The molecule has 0 aromatic carbocycles. The Morgan fingerprint density at radius 2 is 2.22 bits per heavy atom. The third-order valence-corrected chi connectivity index (χ3v) is 1.92. The van der Waals surface area contributed by atoms with Crippen LogP contribution >= 0.6 is 27.5 Å². The van der Waals surface area contributed by atoms with Gasteiger partial charge < -0.3 is 0 Å². The summed E-state index contributed by atoms with van der Waals surface area (Å²) in [5.41, 5.74) is 0. The summed E-state index contributed by atoms with van der Waals surface area (Å²) in [5.74, 6) is -0.644. The van der Waals surface area contributed by atoms with Gasteiger partial charge in [-0.2, -0.15) is 4.39 Å². The number of hydrogen-bond acceptors (Lipinski definition) is 2. The van der Waals surface area contributed by atoms with Crippen LogP contribution in [0.15, 0.2) is 10.8 Å². The molecule has 0 saturated carbocycles. The van der Waals surface area contributed by atoms with Gasteiger partial charge in [0.2, 0.25) is 5.95 Å². The summed E-state index contributed by atoms with van der Waals surface area (Å²) in [7, 11) is 0. The highest BCUT2D eigenvalue weighted by Crippen LogP contribution is 2.19. The number of hydrogen-bond donors (Lipinski definition) is 0. The zero-order valence-corrected chi connectivity index (χ0v) is 6.45. The molecule has 2 nitrogen and oxygen atoms in total. The van der Waals surface area contributed by atoms with Gasteiger partial charge >= 0.3 is 0 Å². The Morgan fingerprint density at radius 1 is 1.56 bits per heavy atom. The van der Waals surface area contributed by atoms with Crippen LogP contribution in [0.4, 0.5) is 4.39 Å². The van der Waals surface area contributed by atoms with Gasteiger partial charge in [-0.25, -0.2) is 9.97 Å². The highest BCUT2D eigenvalue weighted by atomic mass is 79.9. The van der Waals surface area contributed by atoms with Gasteiger partial charge in [0, 0.05) is 0 Å². The normalized spacial score (nSPS) is 9.67. The summed E-state index contributed by atoms with van der Waals surface area (Å²) in [6.45, 7) is 0. The SMILES string of the molecule is Fc1ncnc(Cl)c1Br. The van der Waals surface area contributed by atoms with Crippen molar-refractivity contribution in [1.82, 2.24) is 9.97 Å². The van der Waals surface area contributed by atoms with E-state index in [1.54, 1.807) is 0 Å². The molecule has 0 radical (unpaired) electrons. The standard InChI is InChI=1S/C4HBrClFN2/c5-2-3(6)8-1-9-4(2)7/h1H. The van der Waals surface area contributed by atoms with Crippen LogP contribution in [0.5, 0.6) is 0 Å². The van der Waals surface area contributed by atoms with Crippen molar-refractivity contribution >= 4 is 27.5 Å². The maximum absolute atomic E-state index is 12.3. The molecule has 1 aromatic heterocycles. The maximum atomic E-state index is 12.3. The van der Waals surface area contributed by atoms with Gasteiger partial charge in [-0.05, 0) is 15.9 Å². The largest absolute Gasteiger partial charge is 0.231 e. The van der Waals surface area contributed by atoms with E-state index in [4.69, 9.17) is 11.6 Å². The predicted molar refractivity (Wildman–Crippen MR) is 34.7 cm³/mol. The summed E-state index contributed by atoms with van der Waals surface area (Å²) in [6.07, 6.45) is 1.06. The minimum absolute atomic E-state index is 0.0856. The second kappa shape index (κ2) is 2.58. The molecule has 0 atom stereocenters. The lowest BCUT2D eigenvalue weighted by atomic mass is 10.7. The third kappa shape index (κ3) is 1.37. The molecule has 0 N–H and O–H groups in total. The van der Waals surface area contributed by atoms with Crippen molar-refractivity contribution in [3.05, 3.63) is 21.9 Å². The van der Waals surface area contributed by atoms with Gasteiger partial charge in [-0.1, -0.05) is 11.6 Å². The van der Waals surface area contributed by atoms with Crippen LogP contribution in [0.25, 0.3) is 0 Å². The quantitative estimate of drug-likeness (QED) is 0.614. The fourth-order valence-electron chi connectivity index (χ4n) is 0.329. The van der Waals surface area contributed by atoms with Gasteiger partial charge in [0.05, 0.1) is 0 Å². The highest BCUT2D eigenvalue weighted by molar-refractivity contribution is 9.10. The first-order valence-electron chi connectivity index (χ1n) is 2.03. The van der Waals surface area contributed by atoms with Crippen molar-refractivity contribution in [3.63, 3.8) is 0 Å². The van der Waals surface area contributed by atoms with E-state index in [0.717, 1.165) is 6.33 Å². The average Bonchev–Trinajstić information content (AvgIpc) is 1.83. The predicted octanol–water partition coefficient (Wildman–Crippen LogP) is 2.03. The molecular weight excluding hydrogens is 210 g/mol. The Balaban J connectivity index is 3.25. The van der Waals surface area contributed by atoms with Crippen LogP contribution in [0.3, 0.4) is 0 Å². The fraction of sp³-hybridized carbons (Fsp3) is 0. The topological polar surface area (TPSA) is 25.8 Å². The first-order chi connectivity index (χ1) is 4.22. The van der Waals surface area contributed by atoms with Crippen molar-refractivity contribution in [3.8, 4) is 0 Å². The van der Waals surface area contributed by atoms with E-state index in [1.807, 2.05) is 0 Å². The molecule has 0 fully saturated rings. The molecule has 0 amide bonds. The lowest BCUT2D eigenvalue weighted by Crippen LogP contribution is -1.86. The molecule has 1 rings (SSSR count). The zero-order valence-electron chi connectivity index (χ0n) is 4.11. The highest BCUT2D eigenvalue weighted by Gasteiger charge is 2.03. The number of aromatic nitrogens is 2. The van der Waals surface area contributed by atoms with Gasteiger partial charge in [0.15, 0.2) is 0 Å². The molecular formula is C4HBrClFN2. The fourth-order valence-corrected chi connectivity index (χ4v) is 0.655. The van der Waals surface area contributed by atoms with Gasteiger partial charge in [0.25, 0.3) is 0 Å². The van der Waals surface area contributed by atoms with Crippen LogP contribution in [0.1, 0.15) is 0 Å². The lowest BCUT2D eigenvalue weighted by Gasteiger charge is -1.91. The molecule has 0 aliphatic heterocycles. The van der Waals surface area contributed by atoms with Crippen LogP contribution in [-0.4, -0.2) is 9.97 Å². The molecule has 48 valence electrons. The van der Waals surface area contributed by atoms with Crippen molar-refractivity contribution in [2.75, 3.05) is 0 Å². The van der Waals surface area contributed by atoms with Crippen molar-refractivity contribution in [2.24, 2.45) is 0 Å². The monoisotopic (exact) mass is 210 g/mol. The van der Waals surface area contributed by atoms with E-state index in [9.17, 15) is 4.39 Å². The summed E-state index contributed by atoms with van der Waals surface area (Å²) >= 11 is 8.22. The van der Waals surface area contributed by atoms with Crippen LogP contribution in [-0.2, 0) is 0 Å². The molecule has 1 heterocycles. The average molecular weight is 211 g/mol. The second-order valence-corrected chi connectivity index (χ2v) is 2.42. The number of halogens is 3. The van der Waals surface area contributed by atoms with Crippen LogP contribution in [0.2, 0.25) is 5.15 Å². The van der Waals surface area contributed by atoms with Gasteiger partial charge in [-0.15, -0.1) is 0 Å². The summed E-state index contributed by atoms with van der Waals surface area (Å²) < 4.78 is 12.4. The smallest absolute Gasteiger partial charge is 0.223 e. The summed E-state index contributed by atoms with van der Waals surface area (Å²) in [4.78, 5) is 6.74. The molecule has 5 heteroatoms. The molecule has 0 aliphatic carbocycles. The van der Waals surface area contributed by atoms with E-state index < -0.39 is 5.95 Å². The van der Waals surface area contributed by atoms with E-state index in [0.29, 0.717) is 0 Å². The Kier molecular flexibility index (Phi) is 1.97. The third-order valence-electron chi connectivity index (χ3n) is 0.704. The molecule has 9 heavy (non-hydrogen) atoms. The lowest BCUT2D eigenvalue weighted by molar-refractivity contribution is 0.572. The summed E-state index contributed by atoms with van der Waals surface area (Å²) in [6, 6.07) is 0. The molecule has 0 saturated heterocycles. The second-order valence-electron chi connectivity index (χ2n) is 1.27. The van der Waals surface area contributed by atoms with Crippen molar-refractivity contribution < 1.29 is 4.39 Å². The van der Waals surface area contributed by atoms with E-state index in [1.165, 1.54) is 0 Å². The minimum atomic E-state index is -0.644. The van der Waals surface area contributed by atoms with E-state index >= 15 is 0 Å². The number of nitrogens with zero attached hydrogens (tertiary/aromatic N) is 2. The molecule has 0 aliphatic rings. The molecule has 1 aromatic rings. The number of rotatable bonds is 0. The molecule has 0 bridgehead atoms. The zero-order chi connectivity index (χ0) is 6.85.